The van der Waals surface area contributed by atoms with Gasteiger partial charge >= 0.3 is 5.69 Å². The van der Waals surface area contributed by atoms with Crippen LogP contribution in [0.15, 0.2) is 14.7 Å². The van der Waals surface area contributed by atoms with E-state index in [0.717, 1.165) is 4.68 Å². The highest BCUT2D eigenvalue weighted by Crippen LogP contribution is 1.93. The summed E-state index contributed by atoms with van der Waals surface area (Å²) in [6, 6.07) is 0. The van der Waals surface area contributed by atoms with Gasteiger partial charge in [0.25, 0.3) is 5.56 Å². The Morgan fingerprint density at radius 2 is 2.39 bits per heavy atom. The highest BCUT2D eigenvalue weighted by Gasteiger charge is 2.08. The van der Waals surface area contributed by atoms with Crippen molar-refractivity contribution >= 4 is 0 Å². The second kappa shape index (κ2) is 6.55. The molecule has 1 atom stereocenters. The van der Waals surface area contributed by atoms with Crippen LogP contribution in [0.3, 0.4) is 0 Å². The zero-order valence-corrected chi connectivity index (χ0v) is 9.61. The van der Waals surface area contributed by atoms with Crippen molar-refractivity contribution in [2.24, 2.45) is 5.11 Å². The largest absolute Gasteiger partial charge is 0.394 e. The van der Waals surface area contributed by atoms with Crippen molar-refractivity contribution in [3.63, 3.8) is 0 Å². The molecule has 1 aromatic heterocycles. The number of aromatic nitrogens is 3. The minimum Gasteiger partial charge on any atom is -0.394 e. The first kappa shape index (κ1) is 13.9. The molecule has 1 heterocycles. The predicted octanol–water partition coefficient (Wildman–Crippen LogP) is -1.11. The molecule has 0 aliphatic carbocycles. The summed E-state index contributed by atoms with van der Waals surface area (Å²) in [7, 11) is 0. The maximum atomic E-state index is 11.3. The quantitative estimate of drug-likeness (QED) is 0.376. The Bertz CT molecular complexity index is 557. The minimum atomic E-state index is -0.734. The van der Waals surface area contributed by atoms with Crippen molar-refractivity contribution < 1.29 is 9.84 Å². The third-order valence-corrected chi connectivity index (χ3v) is 2.04. The molecule has 1 aromatic rings. The molecular formula is C8H12N6O4. The summed E-state index contributed by atoms with van der Waals surface area (Å²) in [5.41, 5.74) is 6.96. The fourth-order valence-corrected chi connectivity index (χ4v) is 1.08. The number of aliphatic hydroxyl groups excluding tert-OH is 1. The molecule has 2 N–H and O–H groups in total. The maximum absolute atomic E-state index is 11.3. The Kier molecular flexibility index (Phi) is 5.06. The molecule has 0 radical (unpaired) electrons. The molecule has 0 aliphatic heterocycles. The van der Waals surface area contributed by atoms with E-state index in [2.05, 4.69) is 20.1 Å². The number of hydrogen-bond acceptors (Lipinski definition) is 6. The number of aryl methyl sites for hydroxylation is 1. The topological polar surface area (TPSA) is 146 Å². The van der Waals surface area contributed by atoms with E-state index in [0.29, 0.717) is 0 Å². The lowest BCUT2D eigenvalue weighted by Crippen LogP contribution is -2.36. The van der Waals surface area contributed by atoms with Crippen molar-refractivity contribution in [1.82, 2.24) is 14.8 Å². The van der Waals surface area contributed by atoms with Crippen molar-refractivity contribution in [3.05, 3.63) is 37.0 Å². The second-order valence-corrected chi connectivity index (χ2v) is 3.36. The number of H-pyrrole nitrogens is 1. The number of hydrogen-bond donors (Lipinski definition) is 2. The molecule has 1 rings (SSSR count). The van der Waals surface area contributed by atoms with Crippen molar-refractivity contribution in [1.29, 1.82) is 0 Å². The second-order valence-electron chi connectivity index (χ2n) is 3.36. The van der Waals surface area contributed by atoms with Gasteiger partial charge in [-0.2, -0.15) is 9.78 Å². The van der Waals surface area contributed by atoms with Gasteiger partial charge < -0.3 is 9.84 Å². The maximum Gasteiger partial charge on any atom is 0.346 e. The molecular weight excluding hydrogens is 244 g/mol. The van der Waals surface area contributed by atoms with E-state index in [4.69, 9.17) is 15.4 Å². The van der Waals surface area contributed by atoms with Crippen LogP contribution in [-0.4, -0.2) is 39.1 Å². The highest BCUT2D eigenvalue weighted by atomic mass is 16.5. The van der Waals surface area contributed by atoms with Crippen LogP contribution in [0.4, 0.5) is 0 Å². The molecule has 0 saturated carbocycles. The number of azide groups is 1. The molecule has 1 unspecified atom stereocenters. The fourth-order valence-electron chi connectivity index (χ4n) is 1.08. The van der Waals surface area contributed by atoms with Gasteiger partial charge in [0.2, 0.25) is 0 Å². The first-order chi connectivity index (χ1) is 8.58. The fraction of sp³-hybridized carbons (Fsp3) is 0.625. The number of nitrogens with one attached hydrogen (secondary N) is 1. The van der Waals surface area contributed by atoms with E-state index in [-0.39, 0.29) is 25.6 Å². The van der Waals surface area contributed by atoms with E-state index in [1.807, 2.05) is 0 Å². The molecule has 10 nitrogen and oxygen atoms in total. The van der Waals surface area contributed by atoms with Crippen LogP contribution < -0.4 is 11.2 Å². The third-order valence-electron chi connectivity index (χ3n) is 2.04. The Labute approximate surface area is 100 Å². The van der Waals surface area contributed by atoms with Crippen LogP contribution in [0.1, 0.15) is 5.69 Å². The average molecular weight is 256 g/mol. The van der Waals surface area contributed by atoms with Gasteiger partial charge in [-0.25, -0.2) is 4.79 Å². The summed E-state index contributed by atoms with van der Waals surface area (Å²) in [5.74, 6) is 0. The Balaban J connectivity index is 2.73. The van der Waals surface area contributed by atoms with Crippen molar-refractivity contribution in [3.8, 4) is 0 Å². The summed E-state index contributed by atoms with van der Waals surface area (Å²) in [6.07, 6.45) is -0.734. The molecule has 10 heteroatoms. The lowest BCUT2D eigenvalue weighted by atomic mass is 10.4. The van der Waals surface area contributed by atoms with Gasteiger partial charge in [-0.3, -0.25) is 9.78 Å². The van der Waals surface area contributed by atoms with Gasteiger partial charge in [0.1, 0.15) is 12.4 Å². The monoisotopic (exact) mass is 256 g/mol. The van der Waals surface area contributed by atoms with E-state index < -0.39 is 17.4 Å². The lowest BCUT2D eigenvalue weighted by molar-refractivity contribution is -0.0254. The summed E-state index contributed by atoms with van der Waals surface area (Å²) in [4.78, 5) is 27.0. The van der Waals surface area contributed by atoms with Crippen LogP contribution in [-0.2, 0) is 11.5 Å². The summed E-state index contributed by atoms with van der Waals surface area (Å²) >= 11 is 0. The normalized spacial score (nSPS) is 11.9. The molecule has 98 valence electrons. The predicted molar refractivity (Wildman–Crippen MR) is 59.8 cm³/mol. The van der Waals surface area contributed by atoms with Crippen LogP contribution in [0.2, 0.25) is 0 Å². The van der Waals surface area contributed by atoms with Gasteiger partial charge in [-0.05, 0) is 12.5 Å². The van der Waals surface area contributed by atoms with E-state index in [1.165, 1.54) is 6.92 Å². The molecule has 0 aromatic carbocycles. The van der Waals surface area contributed by atoms with Crippen LogP contribution in [0.25, 0.3) is 10.4 Å². The Morgan fingerprint density at radius 3 is 3.00 bits per heavy atom. The zero-order chi connectivity index (χ0) is 13.5. The first-order valence-electron chi connectivity index (χ1n) is 5.00. The molecule has 0 spiro atoms. The smallest absolute Gasteiger partial charge is 0.346 e. The van der Waals surface area contributed by atoms with Gasteiger partial charge in [-0.15, -0.1) is 0 Å². The first-order valence-corrected chi connectivity index (χ1v) is 5.00. The standard InChI is InChI=1S/C8H12N6O4/c1-5-7(16)11-8(17)14(12-5)4-18-6(3-15)2-10-13-9/h6,15H,2-4H2,1H3,(H,11,16,17). The number of aliphatic hydroxyl groups is 1. The number of nitrogens with zero attached hydrogens (tertiary/aromatic N) is 5. The molecule has 18 heavy (non-hydrogen) atoms. The van der Waals surface area contributed by atoms with Crippen LogP contribution >= 0.6 is 0 Å². The van der Waals surface area contributed by atoms with Gasteiger partial charge in [0.15, 0.2) is 0 Å². The number of rotatable bonds is 6. The van der Waals surface area contributed by atoms with E-state index in [9.17, 15) is 9.59 Å². The van der Waals surface area contributed by atoms with Gasteiger partial charge in [0, 0.05) is 4.91 Å². The Hall–Kier alpha value is -2.16. The van der Waals surface area contributed by atoms with Gasteiger partial charge in [-0.1, -0.05) is 5.11 Å². The van der Waals surface area contributed by atoms with E-state index in [1.54, 1.807) is 0 Å². The number of aromatic amines is 1. The summed E-state index contributed by atoms with van der Waals surface area (Å²) < 4.78 is 6.02. The van der Waals surface area contributed by atoms with Crippen LogP contribution in [0, 0.1) is 6.92 Å². The third kappa shape index (κ3) is 3.70. The molecule has 0 amide bonds. The molecule has 0 aliphatic rings. The lowest BCUT2D eigenvalue weighted by Gasteiger charge is -2.13. The zero-order valence-electron chi connectivity index (χ0n) is 9.61. The average Bonchev–Trinajstić information content (AvgIpc) is 2.35. The highest BCUT2D eigenvalue weighted by molar-refractivity contribution is 4.87. The molecule has 0 fully saturated rings. The Morgan fingerprint density at radius 1 is 1.67 bits per heavy atom. The number of ether oxygens (including phenoxy) is 1. The van der Waals surface area contributed by atoms with Gasteiger partial charge in [0.05, 0.1) is 19.3 Å². The summed E-state index contributed by atoms with van der Waals surface area (Å²) in [6.45, 7) is 0.751. The van der Waals surface area contributed by atoms with Crippen molar-refractivity contribution in [2.45, 2.75) is 19.8 Å². The summed E-state index contributed by atoms with van der Waals surface area (Å²) in [5, 5.41) is 15.9. The minimum absolute atomic E-state index is 0.0654. The SMILES string of the molecule is Cc1nn(COC(CO)CN=[N+]=[N-])c(=O)[nH]c1=O. The van der Waals surface area contributed by atoms with Crippen molar-refractivity contribution in [2.75, 3.05) is 13.2 Å². The molecule has 0 saturated heterocycles. The van der Waals surface area contributed by atoms with E-state index >= 15 is 0 Å². The van der Waals surface area contributed by atoms with Crippen LogP contribution in [0.5, 0.6) is 0 Å². The molecule has 0 bridgehead atoms.